The summed E-state index contributed by atoms with van der Waals surface area (Å²) in [6, 6.07) is 0. The van der Waals surface area contributed by atoms with Crippen LogP contribution in [0.4, 0.5) is 0 Å². The first-order valence-corrected chi connectivity index (χ1v) is 11.4. The second-order valence-electron chi connectivity index (χ2n) is 1.34. The Morgan fingerprint density at radius 3 is 0.364 bits per heavy atom. The van der Waals surface area contributed by atoms with Gasteiger partial charge < -0.3 is 16.4 Å². The largest absolute Gasteiger partial charge is 3.00 e. The number of hydrogen-bond acceptors (Lipinski definition) is 15. The van der Waals surface area contributed by atoms with Crippen molar-refractivity contribution in [3.63, 3.8) is 0 Å². The molecule has 3 N–H and O–H groups in total. The van der Waals surface area contributed by atoms with E-state index in [-0.39, 0.29) is 84.7 Å². The summed E-state index contributed by atoms with van der Waals surface area (Å²) in [7, 11) is 0. The first kappa shape index (κ1) is 64.2. The molecule has 0 fully saturated rings. The molecule has 0 amide bonds. The maximum atomic E-state index is 8.61. The van der Waals surface area contributed by atoms with Gasteiger partial charge in [-0.3, -0.25) is 0 Å². The Balaban J connectivity index is -0.0000000106. The molecular weight excluding hydrogens is 688 g/mol. The zero-order valence-corrected chi connectivity index (χ0v) is 19.0. The fraction of sp³-hybridized carbons (Fsp3) is 0. The quantitative estimate of drug-likeness (QED) is 0.213. The Morgan fingerprint density at radius 1 is 0.364 bits per heavy atom. The SMILES string of the molecule is O=[As]([O-])([O-])[O-].O=[As]([O-])([O-])[O-].O=[As]([O-])([O-])[O-].[Fe+3].[Fe+3].[Fe+3].[Fe+3].[OH-].[OH-].[OH-]. The predicted octanol–water partition coefficient (Wildman–Crippen LogP) is -12.7. The third kappa shape index (κ3) is 1490. The van der Waals surface area contributed by atoms with Crippen molar-refractivity contribution in [2.75, 3.05) is 0 Å². The molecule has 0 aromatic carbocycles. The van der Waals surface area contributed by atoms with Gasteiger partial charge in [-0.15, -0.1) is 0 Å². The van der Waals surface area contributed by atoms with Crippen molar-refractivity contribution in [3.8, 4) is 0 Å². The predicted molar refractivity (Wildman–Crippen MR) is 25.1 cm³/mol. The van der Waals surface area contributed by atoms with Gasteiger partial charge in [-0.05, 0) is 0 Å². The van der Waals surface area contributed by atoms with Crippen LogP contribution in [0.25, 0.3) is 0 Å². The van der Waals surface area contributed by atoms with E-state index in [0.29, 0.717) is 0 Å². The minimum absolute atomic E-state index is 0. The van der Waals surface area contributed by atoms with E-state index in [1.807, 2.05) is 0 Å². The second kappa shape index (κ2) is 28.5. The second-order valence-corrected chi connectivity index (χ2v) is 6.97. The molecule has 0 atom stereocenters. The van der Waals surface area contributed by atoms with E-state index in [0.717, 1.165) is 0 Å². The summed E-state index contributed by atoms with van der Waals surface area (Å²) in [4.78, 5) is 0. The Morgan fingerprint density at radius 2 is 0.364 bits per heavy atom. The third-order valence-electron chi connectivity index (χ3n) is 0. The summed E-state index contributed by atoms with van der Waals surface area (Å²) in [5, 5.41) is 0. The Bertz CT molecular complexity index is 213. The first-order chi connectivity index (χ1) is 6.00. The van der Waals surface area contributed by atoms with E-state index in [9.17, 15) is 0 Å². The van der Waals surface area contributed by atoms with Crippen LogP contribution < -0.4 is 36.9 Å². The van der Waals surface area contributed by atoms with Gasteiger partial charge in [0, 0.05) is 0 Å². The van der Waals surface area contributed by atoms with E-state index in [2.05, 4.69) is 0 Å². The van der Waals surface area contributed by atoms with E-state index in [1.165, 1.54) is 0 Å². The molecule has 140 valence electrons. The van der Waals surface area contributed by atoms with Crippen molar-refractivity contribution in [1.82, 2.24) is 0 Å². The zero-order valence-electron chi connectivity index (χ0n) is 9.00. The Hall–Kier alpha value is 2.67. The van der Waals surface area contributed by atoms with Crippen molar-refractivity contribution in [3.05, 3.63) is 0 Å². The molecule has 0 aromatic heterocycles. The summed E-state index contributed by atoms with van der Waals surface area (Å²) >= 11 is -17.6. The Labute approximate surface area is 174 Å². The van der Waals surface area contributed by atoms with Crippen LogP contribution in [0.2, 0.25) is 0 Å². The van der Waals surface area contributed by atoms with E-state index in [1.54, 1.807) is 0 Å². The molecule has 22 heavy (non-hydrogen) atoms. The van der Waals surface area contributed by atoms with Crippen molar-refractivity contribution in [1.29, 1.82) is 0 Å². The molecule has 0 saturated carbocycles. The fourth-order valence-electron chi connectivity index (χ4n) is 0. The standard InChI is InChI=1S/3AsH3O4.4Fe.3H2O/c3*2-1(3,4)5;;;;;;;/h3*(H3,2,3,4,5);;;;;3*1H2/q;;;4*+3;;;/p-12. The average molecular weight is 691 g/mol. The van der Waals surface area contributed by atoms with Crippen molar-refractivity contribution >= 4 is 43.5 Å². The van der Waals surface area contributed by atoms with Gasteiger partial charge in [-0.1, -0.05) is 0 Å². The van der Waals surface area contributed by atoms with Gasteiger partial charge in [-0.2, -0.15) is 0 Å². The molecule has 0 saturated heterocycles. The van der Waals surface area contributed by atoms with Crippen LogP contribution in [0.1, 0.15) is 0 Å². The molecule has 0 heterocycles. The summed E-state index contributed by atoms with van der Waals surface area (Å²) in [6.07, 6.45) is 0. The van der Waals surface area contributed by atoms with Gasteiger partial charge in [0.25, 0.3) is 0 Å². The smallest absolute Gasteiger partial charge is 0.870 e. The van der Waals surface area contributed by atoms with Gasteiger partial charge in [-0.25, -0.2) is 0 Å². The van der Waals surface area contributed by atoms with E-state index in [4.69, 9.17) is 48.1 Å². The molecule has 22 heteroatoms. The molecule has 0 aliphatic heterocycles. The normalized spacial score (nSPS) is 8.05. The summed E-state index contributed by atoms with van der Waals surface area (Å²) in [6.45, 7) is 0. The van der Waals surface area contributed by atoms with Crippen molar-refractivity contribution in [2.24, 2.45) is 0 Å². The molecule has 0 rings (SSSR count). The molecular formula is H3As3Fe4O15. The molecule has 0 aliphatic carbocycles. The van der Waals surface area contributed by atoms with Crippen LogP contribution in [-0.4, -0.2) is 60.0 Å². The van der Waals surface area contributed by atoms with Crippen LogP contribution >= 0.6 is 0 Å². The summed E-state index contributed by atoms with van der Waals surface area (Å²) in [5.74, 6) is 0. The molecule has 0 aliphatic rings. The first-order valence-electron chi connectivity index (χ1n) is 2.19. The van der Waals surface area contributed by atoms with Crippen LogP contribution in [-0.2, 0) is 79.5 Å². The van der Waals surface area contributed by atoms with Gasteiger partial charge >= 0.3 is 160 Å². The van der Waals surface area contributed by atoms with Crippen LogP contribution in [0.3, 0.4) is 0 Å². The van der Waals surface area contributed by atoms with E-state index < -0.39 is 43.5 Å². The summed E-state index contributed by atoms with van der Waals surface area (Å²) in [5.41, 5.74) is 0. The monoisotopic (exact) mass is 691 g/mol. The average Bonchev–Trinajstić information content (AvgIpc) is 1.41. The fourth-order valence-corrected chi connectivity index (χ4v) is 0. The van der Waals surface area contributed by atoms with Gasteiger partial charge in [0.2, 0.25) is 0 Å². The van der Waals surface area contributed by atoms with Crippen molar-refractivity contribution in [2.45, 2.75) is 0 Å². The topological polar surface area (TPSA) is 349 Å². The third-order valence-corrected chi connectivity index (χ3v) is 0. The van der Waals surface area contributed by atoms with Gasteiger partial charge in [0.1, 0.15) is 0 Å². The minimum Gasteiger partial charge on any atom is -0.870 e. The maximum Gasteiger partial charge on any atom is 3.00 e. The molecule has 15 nitrogen and oxygen atoms in total. The Kier molecular flexibility index (Phi) is 83.1. The molecule has 0 spiro atoms. The molecule has 0 unspecified atom stereocenters. The van der Waals surface area contributed by atoms with Crippen LogP contribution in [0.15, 0.2) is 0 Å². The minimum atomic E-state index is -5.88. The van der Waals surface area contributed by atoms with E-state index >= 15 is 0 Å². The van der Waals surface area contributed by atoms with Gasteiger partial charge in [0.15, 0.2) is 0 Å². The molecule has 0 aromatic rings. The van der Waals surface area contributed by atoms with Crippen LogP contribution in [0.5, 0.6) is 0 Å². The zero-order chi connectivity index (χ0) is 13.5. The maximum absolute atomic E-state index is 8.61. The number of rotatable bonds is 0. The van der Waals surface area contributed by atoms with Crippen LogP contribution in [0, 0.1) is 0 Å². The molecule has 0 bridgehead atoms. The van der Waals surface area contributed by atoms with Crippen molar-refractivity contribution < 1.29 is 133 Å². The summed E-state index contributed by atoms with van der Waals surface area (Å²) < 4.78 is 103. The van der Waals surface area contributed by atoms with Gasteiger partial charge in [0.05, 0.1) is 0 Å². The number of hydrogen-bond donors (Lipinski definition) is 0. The molecule has 4 radical (unpaired) electrons.